The van der Waals surface area contributed by atoms with E-state index in [0.29, 0.717) is 12.0 Å². The van der Waals surface area contributed by atoms with E-state index in [2.05, 4.69) is 15.9 Å². The van der Waals surface area contributed by atoms with Gasteiger partial charge in [0.05, 0.1) is 0 Å². The van der Waals surface area contributed by atoms with Crippen molar-refractivity contribution < 1.29 is 4.79 Å². The van der Waals surface area contributed by atoms with E-state index in [-0.39, 0.29) is 5.78 Å². The van der Waals surface area contributed by atoms with Crippen LogP contribution in [0.5, 0.6) is 0 Å². The third-order valence-electron chi connectivity index (χ3n) is 2.87. The monoisotopic (exact) mass is 303 g/mol. The van der Waals surface area contributed by atoms with Gasteiger partial charge in [-0.15, -0.1) is 0 Å². The molecule has 0 bridgehead atoms. The fourth-order valence-electron chi connectivity index (χ4n) is 1.74. The first-order valence-corrected chi connectivity index (χ1v) is 6.49. The second-order valence-corrected chi connectivity index (χ2v) is 5.21. The van der Waals surface area contributed by atoms with Gasteiger partial charge in [0.1, 0.15) is 0 Å². The topological polar surface area (TPSA) is 43.1 Å². The Balaban J connectivity index is 2.16. The maximum absolute atomic E-state index is 12.1. The van der Waals surface area contributed by atoms with E-state index in [0.717, 1.165) is 21.3 Å². The third kappa shape index (κ3) is 2.99. The summed E-state index contributed by atoms with van der Waals surface area (Å²) in [5.74, 6) is 0.112. The Hall–Kier alpha value is -1.61. The molecule has 0 heterocycles. The fraction of sp³-hybridized carbons (Fsp3) is 0.133. The predicted molar refractivity (Wildman–Crippen MR) is 77.8 cm³/mol. The van der Waals surface area contributed by atoms with Gasteiger partial charge >= 0.3 is 0 Å². The molecule has 0 aliphatic rings. The summed E-state index contributed by atoms with van der Waals surface area (Å²) in [7, 11) is 0. The van der Waals surface area contributed by atoms with Crippen molar-refractivity contribution in [1.82, 2.24) is 0 Å². The number of ketones is 1. The molecule has 3 heteroatoms. The lowest BCUT2D eigenvalue weighted by Gasteiger charge is -2.05. The molecule has 0 atom stereocenters. The number of nitrogen functional groups attached to an aromatic ring is 1. The van der Waals surface area contributed by atoms with Gasteiger partial charge in [0.2, 0.25) is 0 Å². The van der Waals surface area contributed by atoms with Gasteiger partial charge in [0.25, 0.3) is 0 Å². The zero-order valence-electron chi connectivity index (χ0n) is 10.1. The first-order valence-electron chi connectivity index (χ1n) is 5.70. The predicted octanol–water partition coefficient (Wildman–Crippen LogP) is 3.77. The third-order valence-corrected chi connectivity index (χ3v) is 3.40. The van der Waals surface area contributed by atoms with Crippen LogP contribution in [-0.4, -0.2) is 5.78 Å². The first-order chi connectivity index (χ1) is 8.56. The molecule has 2 aromatic carbocycles. The standard InChI is InChI=1S/C15H14BrNO/c1-10-8-12(4-7-14(10)17)15(18)9-11-2-5-13(16)6-3-11/h2-8H,9,17H2,1H3. The summed E-state index contributed by atoms with van der Waals surface area (Å²) >= 11 is 3.38. The highest BCUT2D eigenvalue weighted by Gasteiger charge is 2.08. The lowest BCUT2D eigenvalue weighted by Crippen LogP contribution is -2.04. The molecular formula is C15H14BrNO. The van der Waals surface area contributed by atoms with Crippen LogP contribution in [0, 0.1) is 6.92 Å². The van der Waals surface area contributed by atoms with E-state index in [9.17, 15) is 4.79 Å². The molecule has 92 valence electrons. The molecule has 0 radical (unpaired) electrons. The minimum atomic E-state index is 0.112. The number of rotatable bonds is 3. The molecule has 0 aliphatic heterocycles. The highest BCUT2D eigenvalue weighted by Crippen LogP contribution is 2.16. The first kappa shape index (κ1) is 12.8. The van der Waals surface area contributed by atoms with Gasteiger partial charge in [-0.3, -0.25) is 4.79 Å². The number of carbonyl (C=O) groups is 1. The van der Waals surface area contributed by atoms with Crippen molar-refractivity contribution in [3.8, 4) is 0 Å². The number of Topliss-reactive ketones (excluding diaryl/α,β-unsaturated/α-hetero) is 1. The number of halogens is 1. The molecule has 18 heavy (non-hydrogen) atoms. The molecule has 0 saturated heterocycles. The highest BCUT2D eigenvalue weighted by atomic mass is 79.9. The number of nitrogens with two attached hydrogens (primary N) is 1. The molecule has 0 amide bonds. The Kier molecular flexibility index (Phi) is 3.82. The van der Waals surface area contributed by atoms with Gasteiger partial charge < -0.3 is 5.73 Å². The molecule has 0 spiro atoms. The summed E-state index contributed by atoms with van der Waals surface area (Å²) in [5.41, 5.74) is 9.13. The van der Waals surface area contributed by atoms with Gasteiger partial charge in [0.15, 0.2) is 5.78 Å². The molecule has 2 aromatic rings. The van der Waals surface area contributed by atoms with Crippen molar-refractivity contribution >= 4 is 27.4 Å². The van der Waals surface area contributed by atoms with Crippen LogP contribution in [0.3, 0.4) is 0 Å². The fourth-order valence-corrected chi connectivity index (χ4v) is 2.00. The Morgan fingerprint density at radius 1 is 1.17 bits per heavy atom. The molecular weight excluding hydrogens is 290 g/mol. The van der Waals surface area contributed by atoms with Crippen LogP contribution in [0.1, 0.15) is 21.5 Å². The lowest BCUT2D eigenvalue weighted by atomic mass is 10.0. The summed E-state index contributed by atoms with van der Waals surface area (Å²) in [4.78, 5) is 12.1. The summed E-state index contributed by atoms with van der Waals surface area (Å²) < 4.78 is 1.02. The van der Waals surface area contributed by atoms with Crippen LogP contribution in [0.15, 0.2) is 46.9 Å². The van der Waals surface area contributed by atoms with Gasteiger partial charge in [-0.05, 0) is 48.4 Å². The van der Waals surface area contributed by atoms with E-state index in [1.165, 1.54) is 0 Å². The largest absolute Gasteiger partial charge is 0.399 e. The Bertz CT molecular complexity index is 576. The second-order valence-electron chi connectivity index (χ2n) is 4.30. The summed E-state index contributed by atoms with van der Waals surface area (Å²) in [6.07, 6.45) is 0.413. The molecule has 0 unspecified atom stereocenters. The summed E-state index contributed by atoms with van der Waals surface area (Å²) in [6, 6.07) is 13.2. The van der Waals surface area contributed by atoms with Crippen molar-refractivity contribution in [3.63, 3.8) is 0 Å². The quantitative estimate of drug-likeness (QED) is 0.693. The van der Waals surface area contributed by atoms with Crippen LogP contribution in [0.4, 0.5) is 5.69 Å². The van der Waals surface area contributed by atoms with Gasteiger partial charge in [-0.25, -0.2) is 0 Å². The molecule has 2 rings (SSSR count). The SMILES string of the molecule is Cc1cc(C(=O)Cc2ccc(Br)cc2)ccc1N. The molecule has 2 nitrogen and oxygen atoms in total. The zero-order chi connectivity index (χ0) is 13.1. The second kappa shape index (κ2) is 5.36. The van der Waals surface area contributed by atoms with Gasteiger partial charge in [-0.1, -0.05) is 28.1 Å². The number of anilines is 1. The van der Waals surface area contributed by atoms with Crippen molar-refractivity contribution in [1.29, 1.82) is 0 Å². The highest BCUT2D eigenvalue weighted by molar-refractivity contribution is 9.10. The number of benzene rings is 2. The van der Waals surface area contributed by atoms with E-state index >= 15 is 0 Å². The van der Waals surface area contributed by atoms with E-state index in [1.54, 1.807) is 12.1 Å². The smallest absolute Gasteiger partial charge is 0.167 e. The molecule has 0 aromatic heterocycles. The van der Waals surface area contributed by atoms with E-state index in [4.69, 9.17) is 5.73 Å². The number of carbonyl (C=O) groups excluding carboxylic acids is 1. The Labute approximate surface area is 115 Å². The number of aryl methyl sites for hydroxylation is 1. The number of hydrogen-bond donors (Lipinski definition) is 1. The van der Waals surface area contributed by atoms with E-state index < -0.39 is 0 Å². The summed E-state index contributed by atoms with van der Waals surface area (Å²) in [6.45, 7) is 1.91. The van der Waals surface area contributed by atoms with Crippen molar-refractivity contribution in [2.24, 2.45) is 0 Å². The van der Waals surface area contributed by atoms with Crippen LogP contribution >= 0.6 is 15.9 Å². The van der Waals surface area contributed by atoms with Gasteiger partial charge in [-0.2, -0.15) is 0 Å². The average molecular weight is 304 g/mol. The van der Waals surface area contributed by atoms with Crippen molar-refractivity contribution in [2.75, 3.05) is 5.73 Å². The minimum Gasteiger partial charge on any atom is -0.399 e. The molecule has 0 saturated carbocycles. The average Bonchev–Trinajstić information content (AvgIpc) is 2.35. The van der Waals surface area contributed by atoms with Crippen LogP contribution < -0.4 is 5.73 Å². The molecule has 2 N–H and O–H groups in total. The van der Waals surface area contributed by atoms with Gasteiger partial charge in [0, 0.05) is 22.1 Å². The normalized spacial score (nSPS) is 10.3. The van der Waals surface area contributed by atoms with Crippen LogP contribution in [-0.2, 0) is 6.42 Å². The molecule has 0 fully saturated rings. The van der Waals surface area contributed by atoms with Crippen LogP contribution in [0.25, 0.3) is 0 Å². The minimum absolute atomic E-state index is 0.112. The van der Waals surface area contributed by atoms with Crippen molar-refractivity contribution in [3.05, 3.63) is 63.6 Å². The van der Waals surface area contributed by atoms with Crippen molar-refractivity contribution in [2.45, 2.75) is 13.3 Å². The summed E-state index contributed by atoms with van der Waals surface area (Å²) in [5, 5.41) is 0. The Morgan fingerprint density at radius 2 is 1.83 bits per heavy atom. The van der Waals surface area contributed by atoms with Crippen LogP contribution in [0.2, 0.25) is 0 Å². The molecule has 0 aliphatic carbocycles. The maximum atomic E-state index is 12.1. The zero-order valence-corrected chi connectivity index (χ0v) is 11.7. The lowest BCUT2D eigenvalue weighted by molar-refractivity contribution is 0.0993. The van der Waals surface area contributed by atoms with E-state index in [1.807, 2.05) is 37.3 Å². The Morgan fingerprint density at radius 3 is 2.44 bits per heavy atom. The maximum Gasteiger partial charge on any atom is 0.167 e. The number of hydrogen-bond acceptors (Lipinski definition) is 2.